The lowest BCUT2D eigenvalue weighted by Crippen LogP contribution is -2.47. The third kappa shape index (κ3) is 6.16. The van der Waals surface area contributed by atoms with Crippen LogP contribution in [-0.2, 0) is 10.0 Å². The molecule has 0 radical (unpaired) electrons. The van der Waals surface area contributed by atoms with E-state index in [1.54, 1.807) is 10.4 Å². The predicted octanol–water partition coefficient (Wildman–Crippen LogP) is 2.24. The summed E-state index contributed by atoms with van der Waals surface area (Å²) in [6.45, 7) is 11.4. The van der Waals surface area contributed by atoms with E-state index >= 15 is 0 Å². The molecule has 2 N–H and O–H groups in total. The third-order valence-electron chi connectivity index (χ3n) is 7.35. The van der Waals surface area contributed by atoms with E-state index in [9.17, 15) is 18.0 Å². The molecule has 2 aliphatic rings. The van der Waals surface area contributed by atoms with Gasteiger partial charge in [0.1, 0.15) is 0 Å². The minimum absolute atomic E-state index is 0.0626. The monoisotopic (exact) mass is 517 g/mol. The van der Waals surface area contributed by atoms with Crippen molar-refractivity contribution in [2.24, 2.45) is 0 Å². The van der Waals surface area contributed by atoms with Crippen LogP contribution in [0.3, 0.4) is 0 Å². The first-order valence-electron chi connectivity index (χ1n) is 13.2. The highest BCUT2D eigenvalue weighted by Gasteiger charge is 2.31. The van der Waals surface area contributed by atoms with E-state index in [0.717, 1.165) is 65.0 Å². The molecule has 0 bridgehead atoms. The number of H-pyrrole nitrogens is 1. The van der Waals surface area contributed by atoms with Gasteiger partial charge in [-0.3, -0.25) is 9.59 Å². The second-order valence-electron chi connectivity index (χ2n) is 10.0. The van der Waals surface area contributed by atoms with E-state index < -0.39 is 15.6 Å². The number of benzene rings is 1. The molecule has 0 spiro atoms. The van der Waals surface area contributed by atoms with E-state index in [0.29, 0.717) is 24.0 Å². The van der Waals surface area contributed by atoms with Gasteiger partial charge >= 0.3 is 0 Å². The molecule has 4 rings (SSSR count). The average Bonchev–Trinajstić information content (AvgIpc) is 2.87. The molecule has 2 saturated heterocycles. The molecule has 1 aromatic carbocycles. The Morgan fingerprint density at radius 2 is 1.78 bits per heavy atom. The molecule has 1 unspecified atom stereocenters. The molecule has 0 aliphatic carbocycles. The minimum atomic E-state index is -3.70. The minimum Gasteiger partial charge on any atom is -0.352 e. The number of aromatic amines is 1. The Hall–Kier alpha value is -2.27. The number of piperazine rings is 1. The molecule has 9 nitrogen and oxygen atoms in total. The predicted molar refractivity (Wildman–Crippen MR) is 142 cm³/mol. The summed E-state index contributed by atoms with van der Waals surface area (Å²) in [6.07, 6.45) is 4.68. The van der Waals surface area contributed by atoms with Crippen molar-refractivity contribution in [1.29, 1.82) is 0 Å². The SMILES string of the molecule is CCCN1CCN(CCCNC(=O)c2cc(=O)[nH]c3ccc(S(=O)(=O)N4CCCCC4C)cc23)CC1. The van der Waals surface area contributed by atoms with Crippen molar-refractivity contribution >= 4 is 26.8 Å². The van der Waals surface area contributed by atoms with Crippen molar-refractivity contribution in [1.82, 2.24) is 24.4 Å². The Morgan fingerprint density at radius 1 is 1.06 bits per heavy atom. The highest BCUT2D eigenvalue weighted by Crippen LogP contribution is 2.27. The third-order valence-corrected chi connectivity index (χ3v) is 9.36. The van der Waals surface area contributed by atoms with Crippen molar-refractivity contribution in [3.63, 3.8) is 0 Å². The zero-order valence-electron chi connectivity index (χ0n) is 21.5. The van der Waals surface area contributed by atoms with E-state index in [4.69, 9.17) is 0 Å². The Balaban J connectivity index is 1.43. The number of piperidine rings is 1. The van der Waals surface area contributed by atoms with Gasteiger partial charge in [-0.05, 0) is 63.9 Å². The number of aromatic nitrogens is 1. The zero-order chi connectivity index (χ0) is 25.7. The first-order valence-corrected chi connectivity index (χ1v) is 14.7. The van der Waals surface area contributed by atoms with Crippen LogP contribution in [0.4, 0.5) is 0 Å². The molecule has 3 heterocycles. The van der Waals surface area contributed by atoms with Crippen LogP contribution in [0.2, 0.25) is 0 Å². The molecule has 1 aromatic heterocycles. The van der Waals surface area contributed by atoms with Gasteiger partial charge in [0.15, 0.2) is 0 Å². The van der Waals surface area contributed by atoms with E-state index in [1.165, 1.54) is 24.6 Å². The van der Waals surface area contributed by atoms with Gasteiger partial charge < -0.3 is 20.1 Å². The molecule has 2 fully saturated rings. The van der Waals surface area contributed by atoms with Crippen molar-refractivity contribution < 1.29 is 13.2 Å². The standard InChI is InChI=1S/C26H39N5O4S/c1-3-11-29-14-16-30(17-15-29)12-6-10-27-26(33)23-19-25(32)28-24-9-8-21(18-22(23)24)36(34,35)31-13-5-4-7-20(31)2/h8-9,18-20H,3-7,10-17H2,1-2H3,(H,27,33)(H,28,32). The molecular weight excluding hydrogens is 478 g/mol. The maximum absolute atomic E-state index is 13.4. The van der Waals surface area contributed by atoms with Crippen LogP contribution in [0.25, 0.3) is 10.9 Å². The van der Waals surface area contributed by atoms with Gasteiger partial charge in [0.25, 0.3) is 5.91 Å². The smallest absolute Gasteiger partial charge is 0.252 e. The number of nitrogens with zero attached hydrogens (tertiary/aromatic N) is 3. The van der Waals surface area contributed by atoms with Crippen LogP contribution < -0.4 is 10.9 Å². The normalized spacial score (nSPS) is 20.6. The van der Waals surface area contributed by atoms with Crippen LogP contribution >= 0.6 is 0 Å². The lowest BCUT2D eigenvalue weighted by Gasteiger charge is -2.34. The Labute approximate surface area is 213 Å². The summed E-state index contributed by atoms with van der Waals surface area (Å²) in [5.41, 5.74) is 0.256. The molecule has 1 atom stereocenters. The number of fused-ring (bicyclic) bond motifs is 1. The van der Waals surface area contributed by atoms with Crippen LogP contribution in [0.15, 0.2) is 34.0 Å². The summed E-state index contributed by atoms with van der Waals surface area (Å²) in [7, 11) is -3.70. The van der Waals surface area contributed by atoms with E-state index in [-0.39, 0.29) is 22.4 Å². The van der Waals surface area contributed by atoms with Gasteiger partial charge in [0, 0.05) is 62.3 Å². The van der Waals surface area contributed by atoms with Gasteiger partial charge in [-0.15, -0.1) is 0 Å². The largest absolute Gasteiger partial charge is 0.352 e. The van der Waals surface area contributed by atoms with E-state index in [1.807, 2.05) is 6.92 Å². The highest BCUT2D eigenvalue weighted by molar-refractivity contribution is 7.89. The van der Waals surface area contributed by atoms with Crippen LogP contribution in [0.1, 0.15) is 56.3 Å². The van der Waals surface area contributed by atoms with Crippen LogP contribution in [-0.4, -0.2) is 91.8 Å². The van der Waals surface area contributed by atoms with Gasteiger partial charge in [0.05, 0.1) is 10.5 Å². The molecule has 36 heavy (non-hydrogen) atoms. The molecule has 0 saturated carbocycles. The summed E-state index contributed by atoms with van der Waals surface area (Å²) in [5, 5.41) is 3.36. The number of sulfonamides is 1. The van der Waals surface area contributed by atoms with Crippen LogP contribution in [0, 0.1) is 0 Å². The zero-order valence-corrected chi connectivity index (χ0v) is 22.3. The molecule has 2 aromatic rings. The van der Waals surface area contributed by atoms with Crippen molar-refractivity contribution in [3.05, 3.63) is 40.2 Å². The summed E-state index contributed by atoms with van der Waals surface area (Å²) in [5.74, 6) is -0.361. The molecule has 198 valence electrons. The van der Waals surface area contributed by atoms with Gasteiger partial charge in [-0.1, -0.05) is 13.3 Å². The maximum atomic E-state index is 13.4. The average molecular weight is 518 g/mol. The van der Waals surface area contributed by atoms with Gasteiger partial charge in [-0.2, -0.15) is 4.31 Å². The summed E-state index contributed by atoms with van der Waals surface area (Å²) >= 11 is 0. The van der Waals surface area contributed by atoms with Gasteiger partial charge in [-0.25, -0.2) is 8.42 Å². The summed E-state index contributed by atoms with van der Waals surface area (Å²) in [6, 6.07) is 5.80. The number of nitrogens with one attached hydrogen (secondary N) is 2. The van der Waals surface area contributed by atoms with Crippen LogP contribution in [0.5, 0.6) is 0 Å². The number of carbonyl (C=O) groups is 1. The number of carbonyl (C=O) groups excluding carboxylic acids is 1. The number of rotatable bonds is 9. The number of hydrogen-bond acceptors (Lipinski definition) is 6. The second-order valence-corrected chi connectivity index (χ2v) is 11.9. The maximum Gasteiger partial charge on any atom is 0.252 e. The Morgan fingerprint density at radius 3 is 2.47 bits per heavy atom. The van der Waals surface area contributed by atoms with Gasteiger partial charge in [0.2, 0.25) is 15.6 Å². The fourth-order valence-electron chi connectivity index (χ4n) is 5.30. The lowest BCUT2D eigenvalue weighted by molar-refractivity contribution is 0.0949. The molecule has 10 heteroatoms. The molecule has 1 amide bonds. The van der Waals surface area contributed by atoms with E-state index in [2.05, 4.69) is 27.0 Å². The number of hydrogen-bond donors (Lipinski definition) is 2. The highest BCUT2D eigenvalue weighted by atomic mass is 32.2. The molecule has 2 aliphatic heterocycles. The first kappa shape index (κ1) is 26.8. The quantitative estimate of drug-likeness (QED) is 0.494. The second kappa shape index (κ2) is 11.9. The number of pyridine rings is 1. The Bertz CT molecular complexity index is 1220. The lowest BCUT2D eigenvalue weighted by atomic mass is 10.1. The Kier molecular flexibility index (Phi) is 8.82. The fourth-order valence-corrected chi connectivity index (χ4v) is 7.02. The van der Waals surface area contributed by atoms with Crippen molar-refractivity contribution in [2.45, 2.75) is 56.9 Å². The topological polar surface area (TPSA) is 106 Å². The first-order chi connectivity index (χ1) is 17.3. The van der Waals surface area contributed by atoms with Crippen molar-refractivity contribution in [3.8, 4) is 0 Å². The summed E-state index contributed by atoms with van der Waals surface area (Å²) < 4.78 is 28.3. The summed E-state index contributed by atoms with van der Waals surface area (Å²) in [4.78, 5) is 33.0. The fraction of sp³-hybridized carbons (Fsp3) is 0.615. The van der Waals surface area contributed by atoms with Crippen molar-refractivity contribution in [2.75, 3.05) is 52.4 Å². The molecular formula is C26H39N5O4S. The number of amides is 1.